The van der Waals surface area contributed by atoms with Gasteiger partial charge < -0.3 is 15.5 Å². The lowest BCUT2D eigenvalue weighted by atomic mass is 10.0. The fraction of sp³-hybridized carbons (Fsp3) is 0.750. The van der Waals surface area contributed by atoms with Crippen molar-refractivity contribution < 1.29 is 4.79 Å². The number of amides is 1. The summed E-state index contributed by atoms with van der Waals surface area (Å²) in [7, 11) is 0. The number of likely N-dealkylation sites (tertiary alicyclic amines) is 3. The summed E-state index contributed by atoms with van der Waals surface area (Å²) in [6.07, 6.45) is 6.94. The lowest BCUT2D eigenvalue weighted by molar-refractivity contribution is -0.127. The van der Waals surface area contributed by atoms with E-state index in [0.717, 1.165) is 32.6 Å². The van der Waals surface area contributed by atoms with Crippen LogP contribution in [0.2, 0.25) is 0 Å². The molecule has 3 aliphatic rings. The molecule has 0 radical (unpaired) electrons. The van der Waals surface area contributed by atoms with Gasteiger partial charge in [0.1, 0.15) is 0 Å². The first-order chi connectivity index (χ1) is 16.5. The number of nitrogens with one attached hydrogen (secondary N) is 2. The summed E-state index contributed by atoms with van der Waals surface area (Å²) >= 11 is 0. The zero-order valence-electron chi connectivity index (χ0n) is 21.7. The van der Waals surface area contributed by atoms with E-state index in [-0.39, 0.29) is 18.0 Å². The minimum Gasteiger partial charge on any atom is -0.353 e. The minimum absolute atomic E-state index is 0.0146. The van der Waals surface area contributed by atoms with Gasteiger partial charge in [-0.2, -0.15) is 0 Å². The third-order valence-corrected chi connectivity index (χ3v) is 7.95. The maximum atomic E-state index is 13.1. The van der Waals surface area contributed by atoms with Gasteiger partial charge in [0, 0.05) is 37.3 Å². The number of benzene rings is 1. The van der Waals surface area contributed by atoms with Crippen LogP contribution in [0.4, 0.5) is 0 Å². The Morgan fingerprint density at radius 3 is 2.29 bits per heavy atom. The van der Waals surface area contributed by atoms with Crippen LogP contribution in [0, 0.1) is 0 Å². The molecule has 3 saturated heterocycles. The highest BCUT2D eigenvalue weighted by Gasteiger charge is 2.41. The predicted octanol–water partition coefficient (Wildman–Crippen LogP) is 3.08. The van der Waals surface area contributed by atoms with Crippen LogP contribution in [0.3, 0.4) is 0 Å². The van der Waals surface area contributed by atoms with Gasteiger partial charge in [-0.15, -0.1) is 0 Å². The van der Waals surface area contributed by atoms with Crippen molar-refractivity contribution in [1.82, 2.24) is 25.3 Å². The van der Waals surface area contributed by atoms with Gasteiger partial charge in [-0.25, -0.2) is 0 Å². The molecule has 0 spiro atoms. The number of rotatable bonds is 9. The van der Waals surface area contributed by atoms with E-state index in [0.29, 0.717) is 18.1 Å². The molecule has 4 rings (SSSR count). The van der Waals surface area contributed by atoms with Crippen LogP contribution in [0.25, 0.3) is 0 Å². The second kappa shape index (κ2) is 12.5. The van der Waals surface area contributed by atoms with E-state index in [4.69, 9.17) is 0 Å². The molecule has 1 aromatic carbocycles. The van der Waals surface area contributed by atoms with Crippen molar-refractivity contribution in [2.75, 3.05) is 39.3 Å². The van der Waals surface area contributed by atoms with Crippen molar-refractivity contribution in [2.24, 2.45) is 0 Å². The van der Waals surface area contributed by atoms with Crippen LogP contribution in [0.5, 0.6) is 0 Å². The number of carbonyl (C=O) groups is 1. The van der Waals surface area contributed by atoms with Crippen LogP contribution in [0.1, 0.15) is 64.9 Å². The van der Waals surface area contributed by atoms with Gasteiger partial charge in [-0.3, -0.25) is 14.6 Å². The molecule has 2 atom stereocenters. The Morgan fingerprint density at radius 2 is 1.65 bits per heavy atom. The first-order valence-corrected chi connectivity index (χ1v) is 13.8. The smallest absolute Gasteiger partial charge is 0.237 e. The molecule has 3 heterocycles. The van der Waals surface area contributed by atoms with Gasteiger partial charge in [-0.1, -0.05) is 37.3 Å². The molecule has 0 bridgehead atoms. The standard InChI is InChI=1S/C28H47N5O/c1-4-14-31-17-12-26(13-18-31)33-21-25(19-27(33)28(34)29-22(2)3)30-24-10-15-32(16-11-24)20-23-8-6-5-7-9-23/h5-9,22,24-27,30H,4,10-21H2,1-3H3,(H,29,34)/t25-,27+/m1/s1. The van der Waals surface area contributed by atoms with Crippen LogP contribution in [-0.4, -0.2) is 90.1 Å². The van der Waals surface area contributed by atoms with Crippen molar-refractivity contribution in [2.45, 2.75) is 96.1 Å². The maximum Gasteiger partial charge on any atom is 0.237 e. The van der Waals surface area contributed by atoms with E-state index in [1.165, 1.54) is 57.3 Å². The quantitative estimate of drug-likeness (QED) is 0.582. The summed E-state index contributed by atoms with van der Waals surface area (Å²) in [6.45, 7) is 14.3. The highest BCUT2D eigenvalue weighted by atomic mass is 16.2. The van der Waals surface area contributed by atoms with E-state index >= 15 is 0 Å². The van der Waals surface area contributed by atoms with E-state index in [1.807, 2.05) is 0 Å². The van der Waals surface area contributed by atoms with Gasteiger partial charge >= 0.3 is 0 Å². The zero-order valence-corrected chi connectivity index (χ0v) is 21.7. The molecule has 34 heavy (non-hydrogen) atoms. The Bertz CT molecular complexity index is 740. The minimum atomic E-state index is 0.0146. The lowest BCUT2D eigenvalue weighted by Gasteiger charge is -2.39. The second-order valence-corrected chi connectivity index (χ2v) is 11.1. The summed E-state index contributed by atoms with van der Waals surface area (Å²) in [4.78, 5) is 20.9. The van der Waals surface area contributed by atoms with Crippen LogP contribution >= 0.6 is 0 Å². The molecule has 1 aromatic rings. The molecule has 1 amide bonds. The Morgan fingerprint density at radius 1 is 0.971 bits per heavy atom. The average Bonchev–Trinajstić information content (AvgIpc) is 3.25. The molecule has 3 aliphatic heterocycles. The Hall–Kier alpha value is -1.47. The number of carbonyl (C=O) groups excluding carboxylic acids is 1. The lowest BCUT2D eigenvalue weighted by Crippen LogP contribution is -2.52. The van der Waals surface area contributed by atoms with E-state index in [9.17, 15) is 4.79 Å². The number of hydrogen-bond acceptors (Lipinski definition) is 5. The molecular formula is C28H47N5O. The largest absolute Gasteiger partial charge is 0.353 e. The molecule has 6 heteroatoms. The third-order valence-electron chi connectivity index (χ3n) is 7.95. The van der Waals surface area contributed by atoms with Gasteiger partial charge in [0.05, 0.1) is 6.04 Å². The summed E-state index contributed by atoms with van der Waals surface area (Å²) in [5.41, 5.74) is 1.41. The van der Waals surface area contributed by atoms with E-state index in [2.05, 4.69) is 76.4 Å². The van der Waals surface area contributed by atoms with Crippen molar-refractivity contribution in [3.8, 4) is 0 Å². The van der Waals surface area contributed by atoms with Crippen molar-refractivity contribution >= 4 is 5.91 Å². The Balaban J connectivity index is 1.29. The van der Waals surface area contributed by atoms with Crippen LogP contribution in [0.15, 0.2) is 30.3 Å². The van der Waals surface area contributed by atoms with Crippen LogP contribution in [-0.2, 0) is 11.3 Å². The highest BCUT2D eigenvalue weighted by Crippen LogP contribution is 2.28. The molecule has 2 N–H and O–H groups in total. The first kappa shape index (κ1) is 25.6. The van der Waals surface area contributed by atoms with Crippen molar-refractivity contribution in [1.29, 1.82) is 0 Å². The molecular weight excluding hydrogens is 422 g/mol. The fourth-order valence-corrected chi connectivity index (χ4v) is 6.25. The van der Waals surface area contributed by atoms with Gasteiger partial charge in [0.15, 0.2) is 0 Å². The van der Waals surface area contributed by atoms with Gasteiger partial charge in [0.25, 0.3) is 0 Å². The molecule has 0 aliphatic carbocycles. The Labute approximate surface area is 207 Å². The molecule has 190 valence electrons. The first-order valence-electron chi connectivity index (χ1n) is 13.8. The van der Waals surface area contributed by atoms with Gasteiger partial charge in [-0.05, 0) is 90.7 Å². The SMILES string of the molecule is CCCN1CCC(N2C[C@H](NC3CCN(Cc4ccccc4)CC3)C[C@H]2C(=O)NC(C)C)CC1. The average molecular weight is 470 g/mol. The maximum absolute atomic E-state index is 13.1. The zero-order chi connectivity index (χ0) is 23.9. The number of piperidine rings is 2. The van der Waals surface area contributed by atoms with E-state index in [1.54, 1.807) is 0 Å². The normalized spacial score (nSPS) is 26.4. The summed E-state index contributed by atoms with van der Waals surface area (Å²) in [5, 5.41) is 7.19. The summed E-state index contributed by atoms with van der Waals surface area (Å²) in [5.74, 6) is 0.230. The fourth-order valence-electron chi connectivity index (χ4n) is 6.25. The molecule has 3 fully saturated rings. The van der Waals surface area contributed by atoms with E-state index < -0.39 is 0 Å². The highest BCUT2D eigenvalue weighted by molar-refractivity contribution is 5.82. The van der Waals surface area contributed by atoms with Crippen LogP contribution < -0.4 is 10.6 Å². The molecule has 0 saturated carbocycles. The summed E-state index contributed by atoms with van der Waals surface area (Å²) in [6, 6.07) is 12.6. The predicted molar refractivity (Wildman–Crippen MR) is 140 cm³/mol. The number of nitrogens with zero attached hydrogens (tertiary/aromatic N) is 3. The molecule has 0 aromatic heterocycles. The van der Waals surface area contributed by atoms with Crippen molar-refractivity contribution in [3.05, 3.63) is 35.9 Å². The second-order valence-electron chi connectivity index (χ2n) is 11.1. The van der Waals surface area contributed by atoms with Gasteiger partial charge in [0.2, 0.25) is 5.91 Å². The molecule has 6 nitrogen and oxygen atoms in total. The third kappa shape index (κ3) is 7.03. The summed E-state index contributed by atoms with van der Waals surface area (Å²) < 4.78 is 0. The topological polar surface area (TPSA) is 50.9 Å². The molecule has 0 unspecified atom stereocenters. The number of hydrogen-bond donors (Lipinski definition) is 2. The Kier molecular flexibility index (Phi) is 9.40. The monoisotopic (exact) mass is 469 g/mol. The van der Waals surface area contributed by atoms with Crippen molar-refractivity contribution in [3.63, 3.8) is 0 Å².